The first-order valence-electron chi connectivity index (χ1n) is 6.88. The van der Waals surface area contributed by atoms with Gasteiger partial charge in [0.25, 0.3) is 0 Å². The summed E-state index contributed by atoms with van der Waals surface area (Å²) >= 11 is 6.04. The molecule has 0 amide bonds. The fourth-order valence-electron chi connectivity index (χ4n) is 2.35. The topological polar surface area (TPSA) is 82.5 Å². The van der Waals surface area contributed by atoms with E-state index in [1.54, 1.807) is 0 Å². The average molecular weight is 334 g/mol. The molecule has 1 aromatic rings. The minimum absolute atomic E-state index is 0.0801. The summed E-state index contributed by atoms with van der Waals surface area (Å²) in [7, 11) is -2.07. The zero-order chi connectivity index (χ0) is 15.6. The third-order valence-electron chi connectivity index (χ3n) is 3.59. The Morgan fingerprint density at radius 2 is 2.19 bits per heavy atom. The Kier molecular flexibility index (Phi) is 5.08. The molecule has 1 aliphatic rings. The molecule has 1 saturated carbocycles. The van der Waals surface area contributed by atoms with E-state index in [4.69, 9.17) is 11.6 Å². The normalized spacial score (nSPS) is 22.1. The first kappa shape index (κ1) is 16.5. The molecule has 0 aromatic carbocycles. The molecule has 0 unspecified atom stereocenters. The van der Waals surface area contributed by atoms with Gasteiger partial charge in [-0.25, -0.2) is 17.7 Å². The number of hydrogen-bond donors (Lipinski definition) is 2. The van der Waals surface area contributed by atoms with Crippen molar-refractivity contribution >= 4 is 27.4 Å². The number of anilines is 1. The second-order valence-electron chi connectivity index (χ2n) is 5.31. The van der Waals surface area contributed by atoms with Gasteiger partial charge in [0, 0.05) is 26.3 Å². The molecular formula is C13H20ClN3O3S. The van der Waals surface area contributed by atoms with Crippen molar-refractivity contribution in [3.63, 3.8) is 0 Å². The van der Waals surface area contributed by atoms with Crippen molar-refractivity contribution < 1.29 is 13.5 Å². The van der Waals surface area contributed by atoms with Gasteiger partial charge in [-0.15, -0.1) is 0 Å². The molecule has 0 radical (unpaired) electrons. The number of nitrogens with one attached hydrogen (secondary N) is 1. The van der Waals surface area contributed by atoms with E-state index >= 15 is 0 Å². The van der Waals surface area contributed by atoms with Crippen molar-refractivity contribution in [3.05, 3.63) is 17.3 Å². The molecule has 0 atom stereocenters. The molecule has 1 fully saturated rings. The fourth-order valence-corrected chi connectivity index (χ4v) is 3.87. The van der Waals surface area contributed by atoms with E-state index in [0.29, 0.717) is 31.7 Å². The van der Waals surface area contributed by atoms with Crippen LogP contribution in [0.4, 0.5) is 5.82 Å². The van der Waals surface area contributed by atoms with Crippen molar-refractivity contribution in [1.82, 2.24) is 9.29 Å². The zero-order valence-electron chi connectivity index (χ0n) is 12.1. The highest BCUT2D eigenvalue weighted by Crippen LogP contribution is 2.30. The van der Waals surface area contributed by atoms with Gasteiger partial charge >= 0.3 is 0 Å². The summed E-state index contributed by atoms with van der Waals surface area (Å²) in [6.07, 6.45) is 2.32. The maximum atomic E-state index is 12.5. The lowest BCUT2D eigenvalue weighted by Crippen LogP contribution is -2.39. The predicted molar refractivity (Wildman–Crippen MR) is 82.0 cm³/mol. The molecule has 21 heavy (non-hydrogen) atoms. The summed E-state index contributed by atoms with van der Waals surface area (Å²) in [5, 5.41) is 12.5. The smallest absolute Gasteiger partial charge is 0.244 e. The first-order chi connectivity index (χ1) is 9.84. The lowest BCUT2D eigenvalue weighted by molar-refractivity contribution is 0.0367. The molecule has 1 aromatic heterocycles. The second kappa shape index (κ2) is 6.48. The minimum atomic E-state index is -3.60. The van der Waals surface area contributed by atoms with E-state index in [0.717, 1.165) is 0 Å². The van der Waals surface area contributed by atoms with E-state index < -0.39 is 10.0 Å². The van der Waals surface area contributed by atoms with Crippen LogP contribution in [0.1, 0.15) is 19.8 Å². The monoisotopic (exact) mass is 333 g/mol. The van der Waals surface area contributed by atoms with Crippen LogP contribution in [0.2, 0.25) is 5.02 Å². The molecule has 8 heteroatoms. The van der Waals surface area contributed by atoms with Crippen molar-refractivity contribution in [2.24, 2.45) is 5.92 Å². The number of nitrogens with zero attached hydrogens (tertiary/aromatic N) is 2. The molecule has 6 nitrogen and oxygen atoms in total. The Labute approximate surface area is 130 Å². The van der Waals surface area contributed by atoms with E-state index in [9.17, 15) is 13.5 Å². The zero-order valence-corrected chi connectivity index (χ0v) is 13.7. The Balaban J connectivity index is 2.13. The van der Waals surface area contributed by atoms with Crippen LogP contribution in [0.5, 0.6) is 0 Å². The third kappa shape index (κ3) is 3.66. The SMILES string of the molecule is CCNc1ncc(S(=O)(=O)N(C)CC2CC(O)C2)cc1Cl. The van der Waals surface area contributed by atoms with Crippen LogP contribution < -0.4 is 5.32 Å². The number of sulfonamides is 1. The van der Waals surface area contributed by atoms with Crippen LogP contribution in [0, 0.1) is 5.92 Å². The summed E-state index contributed by atoms with van der Waals surface area (Å²) in [6.45, 7) is 2.96. The van der Waals surface area contributed by atoms with Gasteiger partial charge in [0.05, 0.1) is 11.1 Å². The number of aliphatic hydroxyl groups is 1. The molecule has 2 rings (SSSR count). The van der Waals surface area contributed by atoms with Crippen LogP contribution in [-0.2, 0) is 10.0 Å². The number of rotatable bonds is 6. The Bertz CT molecular complexity index is 603. The van der Waals surface area contributed by atoms with E-state index in [2.05, 4.69) is 10.3 Å². The summed E-state index contributed by atoms with van der Waals surface area (Å²) in [4.78, 5) is 4.13. The maximum Gasteiger partial charge on any atom is 0.244 e. The van der Waals surface area contributed by atoms with E-state index in [-0.39, 0.29) is 21.9 Å². The second-order valence-corrected chi connectivity index (χ2v) is 7.76. The highest BCUT2D eigenvalue weighted by Gasteiger charge is 2.32. The molecule has 2 N–H and O–H groups in total. The number of pyridine rings is 1. The molecule has 0 spiro atoms. The van der Waals surface area contributed by atoms with E-state index in [1.807, 2.05) is 6.92 Å². The molecule has 0 saturated heterocycles. The maximum absolute atomic E-state index is 12.5. The van der Waals surface area contributed by atoms with Gasteiger partial charge in [0.2, 0.25) is 10.0 Å². The van der Waals surface area contributed by atoms with Crippen molar-refractivity contribution in [1.29, 1.82) is 0 Å². The molecular weight excluding hydrogens is 314 g/mol. The molecule has 118 valence electrons. The summed E-state index contributed by atoms with van der Waals surface area (Å²) in [6, 6.07) is 1.41. The van der Waals surface area contributed by atoms with Crippen LogP contribution in [-0.4, -0.2) is 49.1 Å². The van der Waals surface area contributed by atoms with Gasteiger partial charge in [-0.1, -0.05) is 11.6 Å². The molecule has 0 bridgehead atoms. The van der Waals surface area contributed by atoms with Crippen LogP contribution in [0.15, 0.2) is 17.2 Å². The molecule has 0 aliphatic heterocycles. The van der Waals surface area contributed by atoms with Crippen molar-refractivity contribution in [2.45, 2.75) is 30.8 Å². The van der Waals surface area contributed by atoms with Gasteiger partial charge < -0.3 is 10.4 Å². The molecule has 1 aliphatic carbocycles. The van der Waals surface area contributed by atoms with E-state index in [1.165, 1.54) is 23.6 Å². The van der Waals surface area contributed by atoms with Crippen LogP contribution in [0.25, 0.3) is 0 Å². The van der Waals surface area contributed by atoms with Crippen molar-refractivity contribution in [2.75, 3.05) is 25.5 Å². The summed E-state index contributed by atoms with van der Waals surface area (Å²) in [5.74, 6) is 0.687. The van der Waals surface area contributed by atoms with Crippen LogP contribution >= 0.6 is 11.6 Å². The van der Waals surface area contributed by atoms with Gasteiger partial charge in [-0.2, -0.15) is 0 Å². The Morgan fingerprint density at radius 3 is 2.71 bits per heavy atom. The van der Waals surface area contributed by atoms with Gasteiger partial charge in [0.1, 0.15) is 10.7 Å². The van der Waals surface area contributed by atoms with Gasteiger partial charge in [0.15, 0.2) is 0 Å². The largest absolute Gasteiger partial charge is 0.393 e. The molecule has 1 heterocycles. The van der Waals surface area contributed by atoms with Crippen molar-refractivity contribution in [3.8, 4) is 0 Å². The standard InChI is InChI=1S/C13H20ClN3O3S/c1-3-15-13-12(14)6-11(7-16-13)21(19,20)17(2)8-9-4-10(18)5-9/h6-7,9-10,18H,3-5,8H2,1-2H3,(H,15,16). The predicted octanol–water partition coefficient (Wildman–Crippen LogP) is 1.56. The lowest BCUT2D eigenvalue weighted by atomic mass is 9.82. The quantitative estimate of drug-likeness (QED) is 0.825. The Hall–Kier alpha value is -0.890. The third-order valence-corrected chi connectivity index (χ3v) is 5.67. The average Bonchev–Trinajstić information content (AvgIpc) is 2.39. The van der Waals surface area contributed by atoms with Gasteiger partial charge in [-0.3, -0.25) is 0 Å². The number of hydrogen-bond acceptors (Lipinski definition) is 5. The Morgan fingerprint density at radius 1 is 1.52 bits per heavy atom. The van der Waals surface area contributed by atoms with Gasteiger partial charge in [-0.05, 0) is 31.7 Å². The highest BCUT2D eigenvalue weighted by molar-refractivity contribution is 7.89. The fraction of sp³-hybridized carbons (Fsp3) is 0.615. The lowest BCUT2D eigenvalue weighted by Gasteiger charge is -2.34. The van der Waals surface area contributed by atoms with Crippen LogP contribution in [0.3, 0.4) is 0 Å². The highest BCUT2D eigenvalue weighted by atomic mass is 35.5. The number of aliphatic hydroxyl groups excluding tert-OH is 1. The number of halogens is 1. The minimum Gasteiger partial charge on any atom is -0.393 e. The summed E-state index contributed by atoms with van der Waals surface area (Å²) < 4.78 is 26.2. The first-order valence-corrected chi connectivity index (χ1v) is 8.70. The summed E-state index contributed by atoms with van der Waals surface area (Å²) in [5.41, 5.74) is 0. The number of aromatic nitrogens is 1.